The summed E-state index contributed by atoms with van der Waals surface area (Å²) in [6.45, 7) is 2.99. The molecule has 2 aromatic rings. The summed E-state index contributed by atoms with van der Waals surface area (Å²) in [6, 6.07) is 9.07. The predicted molar refractivity (Wildman–Crippen MR) is 106 cm³/mol. The first-order valence-corrected chi connectivity index (χ1v) is 9.20. The molecule has 0 spiro atoms. The van der Waals surface area contributed by atoms with Crippen LogP contribution >= 0.6 is 23.2 Å². The van der Waals surface area contributed by atoms with Crippen molar-refractivity contribution in [2.24, 2.45) is 0 Å². The Morgan fingerprint density at radius 2 is 1.89 bits per heavy atom. The molecule has 3 rings (SSSR count). The van der Waals surface area contributed by atoms with Crippen LogP contribution in [-0.2, 0) is 16.9 Å². The van der Waals surface area contributed by atoms with E-state index in [4.69, 9.17) is 27.9 Å². The fourth-order valence-corrected chi connectivity index (χ4v) is 3.81. The third-order valence-corrected chi connectivity index (χ3v) is 5.31. The Morgan fingerprint density at radius 3 is 2.50 bits per heavy atom. The van der Waals surface area contributed by atoms with Crippen molar-refractivity contribution in [2.75, 3.05) is 7.11 Å². The van der Waals surface area contributed by atoms with Gasteiger partial charge in [0, 0.05) is 26.7 Å². The van der Waals surface area contributed by atoms with E-state index in [-0.39, 0.29) is 17.4 Å². The molecule has 0 unspecified atom stereocenters. The average Bonchev–Trinajstić information content (AvgIpc) is 2.85. The summed E-state index contributed by atoms with van der Waals surface area (Å²) in [5.74, 6) is -0.111. The molecule has 0 saturated carbocycles. The van der Waals surface area contributed by atoms with Crippen molar-refractivity contribution in [3.8, 4) is 5.75 Å². The van der Waals surface area contributed by atoms with Crippen LogP contribution in [0.3, 0.4) is 0 Å². The lowest BCUT2D eigenvalue weighted by molar-refractivity contribution is -0.131. The van der Waals surface area contributed by atoms with Gasteiger partial charge in [-0.3, -0.25) is 14.5 Å². The summed E-state index contributed by atoms with van der Waals surface area (Å²) >= 11 is 12.2. The number of nitrogens with zero attached hydrogens (tertiary/aromatic N) is 1. The molecule has 0 aliphatic carbocycles. The van der Waals surface area contributed by atoms with Crippen LogP contribution in [-0.4, -0.2) is 29.7 Å². The van der Waals surface area contributed by atoms with Crippen LogP contribution in [0.1, 0.15) is 35.3 Å². The normalized spacial score (nSPS) is 19.0. The summed E-state index contributed by atoms with van der Waals surface area (Å²) in [4.78, 5) is 38.5. The molecular weight excluding hydrogens is 403 g/mol. The summed E-state index contributed by atoms with van der Waals surface area (Å²) in [7, 11) is 1.48. The van der Waals surface area contributed by atoms with E-state index in [0.29, 0.717) is 27.5 Å². The molecule has 1 atom stereocenters. The highest BCUT2D eigenvalue weighted by Crippen LogP contribution is 2.36. The number of carbonyl (C=O) groups excluding carboxylic acids is 3. The number of amides is 3. The van der Waals surface area contributed by atoms with E-state index in [0.717, 1.165) is 4.90 Å². The summed E-state index contributed by atoms with van der Waals surface area (Å²) in [5, 5.41) is 3.41. The van der Waals surface area contributed by atoms with Crippen molar-refractivity contribution in [3.63, 3.8) is 0 Å². The van der Waals surface area contributed by atoms with E-state index in [1.54, 1.807) is 37.3 Å². The van der Waals surface area contributed by atoms with Gasteiger partial charge in [0.05, 0.1) is 13.7 Å². The molecule has 2 aromatic carbocycles. The maximum Gasteiger partial charge on any atom is 0.325 e. The molecule has 8 heteroatoms. The van der Waals surface area contributed by atoms with Crippen molar-refractivity contribution in [1.82, 2.24) is 10.2 Å². The highest BCUT2D eigenvalue weighted by molar-refractivity contribution is 6.35. The van der Waals surface area contributed by atoms with E-state index in [1.807, 2.05) is 0 Å². The number of ketones is 1. The molecule has 6 nitrogen and oxygen atoms in total. The zero-order valence-electron chi connectivity index (χ0n) is 15.5. The Morgan fingerprint density at radius 1 is 1.18 bits per heavy atom. The molecule has 1 aliphatic rings. The number of hydrogen-bond donors (Lipinski definition) is 1. The van der Waals surface area contributed by atoms with Crippen molar-refractivity contribution in [1.29, 1.82) is 0 Å². The van der Waals surface area contributed by atoms with Gasteiger partial charge in [-0.05, 0) is 44.2 Å². The minimum atomic E-state index is -1.33. The lowest BCUT2D eigenvalue weighted by Gasteiger charge is -2.23. The van der Waals surface area contributed by atoms with Crippen molar-refractivity contribution in [2.45, 2.75) is 25.9 Å². The van der Waals surface area contributed by atoms with Crippen LogP contribution in [0.5, 0.6) is 5.75 Å². The first-order valence-electron chi connectivity index (χ1n) is 8.45. The number of halogens is 2. The number of ether oxygens (including phenoxy) is 1. The maximum atomic E-state index is 13.1. The Hall–Kier alpha value is -2.57. The zero-order chi connectivity index (χ0) is 20.6. The third kappa shape index (κ3) is 3.45. The van der Waals surface area contributed by atoms with Gasteiger partial charge in [0.2, 0.25) is 0 Å². The van der Waals surface area contributed by atoms with Crippen LogP contribution in [0.25, 0.3) is 0 Å². The second-order valence-corrected chi connectivity index (χ2v) is 7.50. The smallest absolute Gasteiger partial charge is 0.325 e. The van der Waals surface area contributed by atoms with E-state index in [9.17, 15) is 14.4 Å². The minimum absolute atomic E-state index is 0.0459. The van der Waals surface area contributed by atoms with Crippen LogP contribution < -0.4 is 10.1 Å². The molecular formula is C20H18Cl2N2O4. The van der Waals surface area contributed by atoms with Crippen LogP contribution in [0.4, 0.5) is 4.79 Å². The first-order chi connectivity index (χ1) is 13.2. The van der Waals surface area contributed by atoms with Gasteiger partial charge in [0.25, 0.3) is 5.91 Å². The summed E-state index contributed by atoms with van der Waals surface area (Å²) in [6.07, 6.45) is 0. The molecule has 1 saturated heterocycles. The van der Waals surface area contributed by atoms with Gasteiger partial charge in [-0.25, -0.2) is 4.79 Å². The van der Waals surface area contributed by atoms with Gasteiger partial charge in [0.1, 0.15) is 11.3 Å². The molecule has 1 fully saturated rings. The number of benzene rings is 2. The largest absolute Gasteiger partial charge is 0.496 e. The quantitative estimate of drug-likeness (QED) is 0.581. The lowest BCUT2D eigenvalue weighted by atomic mass is 9.92. The Kier molecular flexibility index (Phi) is 5.37. The van der Waals surface area contributed by atoms with E-state index < -0.39 is 17.5 Å². The summed E-state index contributed by atoms with van der Waals surface area (Å²) in [5.41, 5.74) is 0.129. The molecule has 1 aliphatic heterocycles. The number of carbonyl (C=O) groups is 3. The average molecular weight is 421 g/mol. The molecule has 0 aromatic heterocycles. The second kappa shape index (κ2) is 7.45. The molecule has 1 heterocycles. The highest BCUT2D eigenvalue weighted by atomic mass is 35.5. The molecule has 1 N–H and O–H groups in total. The Labute approximate surface area is 172 Å². The SMILES string of the molecule is COc1ccc(C(C)=O)cc1CN1C(=O)N[C@@](C)(c2ccc(Cl)cc2Cl)C1=O. The van der Waals surface area contributed by atoms with Crippen LogP contribution in [0, 0.1) is 0 Å². The fourth-order valence-electron chi connectivity index (χ4n) is 3.21. The number of nitrogens with one attached hydrogen (secondary N) is 1. The van der Waals surface area contributed by atoms with E-state index in [1.165, 1.54) is 20.1 Å². The Balaban J connectivity index is 1.97. The zero-order valence-corrected chi connectivity index (χ0v) is 17.0. The van der Waals surface area contributed by atoms with Crippen LogP contribution in [0.15, 0.2) is 36.4 Å². The number of urea groups is 1. The lowest BCUT2D eigenvalue weighted by Crippen LogP contribution is -2.41. The van der Waals surface area contributed by atoms with Crippen LogP contribution in [0.2, 0.25) is 10.0 Å². The van der Waals surface area contributed by atoms with E-state index >= 15 is 0 Å². The van der Waals surface area contributed by atoms with Gasteiger partial charge in [-0.1, -0.05) is 29.3 Å². The second-order valence-electron chi connectivity index (χ2n) is 6.65. The summed E-state index contributed by atoms with van der Waals surface area (Å²) < 4.78 is 5.31. The van der Waals surface area contributed by atoms with Crippen molar-refractivity contribution >= 4 is 40.9 Å². The molecule has 0 radical (unpaired) electrons. The highest BCUT2D eigenvalue weighted by Gasteiger charge is 2.50. The van der Waals surface area contributed by atoms with E-state index in [2.05, 4.69) is 5.32 Å². The number of methoxy groups -OCH3 is 1. The van der Waals surface area contributed by atoms with Gasteiger partial charge >= 0.3 is 6.03 Å². The number of hydrogen-bond acceptors (Lipinski definition) is 4. The van der Waals surface area contributed by atoms with Gasteiger partial charge in [-0.15, -0.1) is 0 Å². The number of rotatable bonds is 5. The predicted octanol–water partition coefficient (Wildman–Crippen LogP) is 4.17. The van der Waals surface area contributed by atoms with Gasteiger partial charge in [0.15, 0.2) is 5.78 Å². The molecule has 3 amide bonds. The van der Waals surface area contributed by atoms with Gasteiger partial charge < -0.3 is 10.1 Å². The van der Waals surface area contributed by atoms with Gasteiger partial charge in [-0.2, -0.15) is 0 Å². The van der Waals surface area contributed by atoms with Crippen molar-refractivity contribution < 1.29 is 19.1 Å². The topological polar surface area (TPSA) is 75.7 Å². The van der Waals surface area contributed by atoms with Crippen molar-refractivity contribution in [3.05, 3.63) is 63.1 Å². The third-order valence-electron chi connectivity index (χ3n) is 4.76. The monoisotopic (exact) mass is 420 g/mol. The first kappa shape index (κ1) is 20.2. The maximum absolute atomic E-state index is 13.1. The minimum Gasteiger partial charge on any atom is -0.496 e. The standard InChI is InChI=1S/C20H18Cl2N2O4/c1-11(25)12-4-7-17(28-3)13(8-12)10-24-18(26)20(2,23-19(24)27)15-6-5-14(21)9-16(15)22/h4-9H,10H2,1-3H3,(H,23,27)/t20-/m0/s1. The number of imide groups is 1. The molecule has 28 heavy (non-hydrogen) atoms. The fraction of sp³-hybridized carbons (Fsp3) is 0.250. The Bertz CT molecular complexity index is 992. The number of Topliss-reactive ketones (excluding diaryl/α,β-unsaturated/α-hetero) is 1. The molecule has 146 valence electrons. The molecule has 0 bridgehead atoms.